The molecule has 1 N–H and O–H groups in total. The lowest BCUT2D eigenvalue weighted by atomic mass is 10.1. The highest BCUT2D eigenvalue weighted by Gasteiger charge is 2.28. The van der Waals surface area contributed by atoms with Crippen molar-refractivity contribution in [3.05, 3.63) is 99.1 Å². The van der Waals surface area contributed by atoms with Gasteiger partial charge in [0, 0.05) is 17.7 Å². The van der Waals surface area contributed by atoms with E-state index in [4.69, 9.17) is 0 Å². The number of nitro benzene ring substituents is 1. The first-order valence-electron chi connectivity index (χ1n) is 10.7. The zero-order valence-corrected chi connectivity index (χ0v) is 20.7. The fourth-order valence-corrected chi connectivity index (χ4v) is 4.82. The van der Waals surface area contributed by atoms with Gasteiger partial charge in [-0.1, -0.05) is 42.0 Å². The fraction of sp³-hybridized carbons (Fsp3) is 0.200. The standard InChI is InChI=1S/C25H26N4O5S/c1-17-9-12-23(13-10-17)35(33,34)28(24-14-18(2)8-11-19(24)3)16-25(30)27-26-20(4)21-6-5-7-22(15-21)29(31)32/h5-15H,16H2,1-4H3,(H,27,30)/b26-20-. The van der Waals surface area contributed by atoms with E-state index in [0.29, 0.717) is 22.5 Å². The van der Waals surface area contributed by atoms with E-state index in [1.165, 1.54) is 30.3 Å². The van der Waals surface area contributed by atoms with Crippen LogP contribution < -0.4 is 9.73 Å². The second-order valence-electron chi connectivity index (χ2n) is 8.15. The summed E-state index contributed by atoms with van der Waals surface area (Å²) in [5.41, 5.74) is 5.89. The third-order valence-corrected chi connectivity index (χ3v) is 7.13. The Bertz CT molecular complexity index is 1400. The van der Waals surface area contributed by atoms with Gasteiger partial charge >= 0.3 is 0 Å². The molecule has 35 heavy (non-hydrogen) atoms. The molecule has 0 saturated heterocycles. The third kappa shape index (κ3) is 6.10. The number of hydrogen-bond acceptors (Lipinski definition) is 6. The molecule has 9 nitrogen and oxygen atoms in total. The van der Waals surface area contributed by atoms with E-state index in [-0.39, 0.29) is 10.6 Å². The number of hydrogen-bond donors (Lipinski definition) is 1. The Hall–Kier alpha value is -4.05. The molecule has 0 heterocycles. The summed E-state index contributed by atoms with van der Waals surface area (Å²) in [5.74, 6) is -0.661. The summed E-state index contributed by atoms with van der Waals surface area (Å²) in [4.78, 5) is 23.4. The van der Waals surface area contributed by atoms with Crippen LogP contribution in [0.2, 0.25) is 0 Å². The number of hydrazone groups is 1. The number of carbonyl (C=O) groups is 1. The first kappa shape index (κ1) is 25.6. The zero-order valence-electron chi connectivity index (χ0n) is 19.8. The van der Waals surface area contributed by atoms with Crippen molar-refractivity contribution in [1.82, 2.24) is 5.43 Å². The molecule has 0 fully saturated rings. The Morgan fingerprint density at radius 1 is 1.00 bits per heavy atom. The van der Waals surface area contributed by atoms with Crippen LogP contribution in [-0.4, -0.2) is 31.5 Å². The lowest BCUT2D eigenvalue weighted by molar-refractivity contribution is -0.384. The van der Waals surface area contributed by atoms with E-state index in [2.05, 4.69) is 10.5 Å². The average Bonchev–Trinajstić information content (AvgIpc) is 2.83. The molecule has 3 rings (SSSR count). The third-order valence-electron chi connectivity index (χ3n) is 5.35. The van der Waals surface area contributed by atoms with Crippen LogP contribution in [-0.2, 0) is 14.8 Å². The summed E-state index contributed by atoms with van der Waals surface area (Å²) in [6.45, 7) is 6.55. The zero-order chi connectivity index (χ0) is 25.8. The number of sulfonamides is 1. The molecule has 0 unspecified atom stereocenters. The first-order valence-corrected chi connectivity index (χ1v) is 12.2. The number of aryl methyl sites for hydroxylation is 3. The van der Waals surface area contributed by atoms with Gasteiger partial charge in [-0.25, -0.2) is 13.8 Å². The number of benzene rings is 3. The number of anilines is 1. The highest BCUT2D eigenvalue weighted by atomic mass is 32.2. The summed E-state index contributed by atoms with van der Waals surface area (Å²) in [5, 5.41) is 15.0. The van der Waals surface area contributed by atoms with Crippen molar-refractivity contribution in [3.8, 4) is 0 Å². The maximum atomic E-state index is 13.6. The van der Waals surface area contributed by atoms with Crippen LogP contribution in [0.5, 0.6) is 0 Å². The maximum Gasteiger partial charge on any atom is 0.270 e. The Kier molecular flexibility index (Phi) is 7.65. The predicted octanol–water partition coefficient (Wildman–Crippen LogP) is 4.26. The second kappa shape index (κ2) is 10.5. The van der Waals surface area contributed by atoms with Crippen LogP contribution >= 0.6 is 0 Å². The molecule has 0 aliphatic heterocycles. The van der Waals surface area contributed by atoms with Gasteiger partial charge in [0.25, 0.3) is 21.6 Å². The average molecular weight is 495 g/mol. The van der Waals surface area contributed by atoms with E-state index in [1.54, 1.807) is 44.2 Å². The summed E-state index contributed by atoms with van der Waals surface area (Å²) in [6.07, 6.45) is 0. The number of non-ortho nitro benzene ring substituents is 1. The Labute approximate surface area is 204 Å². The van der Waals surface area contributed by atoms with Crippen LogP contribution in [0.4, 0.5) is 11.4 Å². The fourth-order valence-electron chi connectivity index (χ4n) is 3.35. The highest BCUT2D eigenvalue weighted by molar-refractivity contribution is 7.92. The minimum Gasteiger partial charge on any atom is -0.271 e. The van der Waals surface area contributed by atoms with Gasteiger partial charge in [-0.15, -0.1) is 0 Å². The van der Waals surface area contributed by atoms with Crippen molar-refractivity contribution in [2.45, 2.75) is 32.6 Å². The molecule has 182 valence electrons. The summed E-state index contributed by atoms with van der Waals surface area (Å²) in [7, 11) is -4.06. The quantitative estimate of drug-likeness (QED) is 0.285. The normalized spacial score (nSPS) is 11.7. The van der Waals surface area contributed by atoms with Crippen LogP contribution in [0.25, 0.3) is 0 Å². The van der Waals surface area contributed by atoms with Gasteiger partial charge < -0.3 is 0 Å². The van der Waals surface area contributed by atoms with Gasteiger partial charge in [-0.2, -0.15) is 5.10 Å². The molecule has 0 saturated carbocycles. The second-order valence-corrected chi connectivity index (χ2v) is 10.0. The summed E-state index contributed by atoms with van der Waals surface area (Å²) < 4.78 is 28.2. The van der Waals surface area contributed by atoms with E-state index < -0.39 is 27.4 Å². The number of amides is 1. The number of nitro groups is 1. The van der Waals surface area contributed by atoms with E-state index in [9.17, 15) is 23.3 Å². The topological polar surface area (TPSA) is 122 Å². The van der Waals surface area contributed by atoms with Crippen molar-refractivity contribution in [2.75, 3.05) is 10.8 Å². The Morgan fingerprint density at radius 3 is 2.31 bits per heavy atom. The smallest absolute Gasteiger partial charge is 0.270 e. The molecule has 3 aromatic rings. The van der Waals surface area contributed by atoms with E-state index in [1.807, 2.05) is 19.9 Å². The molecule has 0 aliphatic carbocycles. The van der Waals surface area contributed by atoms with Crippen LogP contribution in [0.15, 0.2) is 76.7 Å². The molecular formula is C25H26N4O5S. The molecule has 0 aromatic heterocycles. The molecule has 0 aliphatic rings. The summed E-state index contributed by atoms with van der Waals surface area (Å²) in [6, 6.07) is 17.6. The van der Waals surface area contributed by atoms with Crippen molar-refractivity contribution in [1.29, 1.82) is 0 Å². The molecule has 10 heteroatoms. The minimum atomic E-state index is -4.06. The molecule has 0 atom stereocenters. The van der Waals surface area contributed by atoms with Crippen LogP contribution in [0.3, 0.4) is 0 Å². The SMILES string of the molecule is C/C(=N/NC(=O)CN(c1cc(C)ccc1C)S(=O)(=O)c1ccc(C)cc1)c1cccc([N+](=O)[O-])c1. The largest absolute Gasteiger partial charge is 0.271 e. The van der Waals surface area contributed by atoms with Crippen LogP contribution in [0.1, 0.15) is 29.2 Å². The molecular weight excluding hydrogens is 468 g/mol. The van der Waals surface area contributed by atoms with E-state index >= 15 is 0 Å². The van der Waals surface area contributed by atoms with Gasteiger partial charge in [0.15, 0.2) is 0 Å². The van der Waals surface area contributed by atoms with Crippen LogP contribution in [0, 0.1) is 30.9 Å². The van der Waals surface area contributed by atoms with Gasteiger partial charge in [0.2, 0.25) is 0 Å². The van der Waals surface area contributed by atoms with Gasteiger partial charge in [-0.3, -0.25) is 19.2 Å². The maximum absolute atomic E-state index is 13.6. The number of nitrogens with one attached hydrogen (secondary N) is 1. The molecule has 3 aromatic carbocycles. The number of nitrogens with zero attached hydrogens (tertiary/aromatic N) is 3. The van der Waals surface area contributed by atoms with E-state index in [0.717, 1.165) is 15.4 Å². The molecule has 1 amide bonds. The first-order chi connectivity index (χ1) is 16.5. The number of carbonyl (C=O) groups excluding carboxylic acids is 1. The van der Waals surface area contributed by atoms with Gasteiger partial charge in [0.1, 0.15) is 6.54 Å². The molecule has 0 bridgehead atoms. The van der Waals surface area contributed by atoms with Crippen molar-refractivity contribution >= 4 is 33.0 Å². The Morgan fingerprint density at radius 2 is 1.66 bits per heavy atom. The molecule has 0 spiro atoms. The van der Waals surface area contributed by atoms with Gasteiger partial charge in [-0.05, 0) is 57.0 Å². The lowest BCUT2D eigenvalue weighted by Crippen LogP contribution is -2.40. The van der Waals surface area contributed by atoms with Crippen molar-refractivity contribution in [3.63, 3.8) is 0 Å². The lowest BCUT2D eigenvalue weighted by Gasteiger charge is -2.25. The summed E-state index contributed by atoms with van der Waals surface area (Å²) >= 11 is 0. The monoisotopic (exact) mass is 494 g/mol. The highest BCUT2D eigenvalue weighted by Crippen LogP contribution is 2.28. The van der Waals surface area contributed by atoms with Gasteiger partial charge in [0.05, 0.1) is 21.2 Å². The van der Waals surface area contributed by atoms with Crippen molar-refractivity contribution < 1.29 is 18.1 Å². The predicted molar refractivity (Wildman–Crippen MR) is 135 cm³/mol. The Balaban J connectivity index is 1.92. The minimum absolute atomic E-state index is 0.0630. The number of rotatable bonds is 8. The van der Waals surface area contributed by atoms with Crippen molar-refractivity contribution in [2.24, 2.45) is 5.10 Å². The molecule has 0 radical (unpaired) electrons.